The van der Waals surface area contributed by atoms with Gasteiger partial charge < -0.3 is 10.3 Å². The normalized spacial score (nSPS) is 29.0. The van der Waals surface area contributed by atoms with Gasteiger partial charge in [0.15, 0.2) is 0 Å². The summed E-state index contributed by atoms with van der Waals surface area (Å²) in [6.07, 6.45) is 9.70. The van der Waals surface area contributed by atoms with Gasteiger partial charge in [0, 0.05) is 36.9 Å². The molecule has 0 aliphatic carbocycles. The van der Waals surface area contributed by atoms with E-state index < -0.39 is 0 Å². The number of aryl methyl sites for hydroxylation is 1. The van der Waals surface area contributed by atoms with Gasteiger partial charge in [-0.25, -0.2) is 4.98 Å². The Bertz CT molecular complexity index is 382. The van der Waals surface area contributed by atoms with E-state index >= 15 is 0 Å². The lowest BCUT2D eigenvalue weighted by Gasteiger charge is -2.20. The van der Waals surface area contributed by atoms with Gasteiger partial charge >= 0.3 is 0 Å². The topological polar surface area (TPSA) is 43.8 Å². The van der Waals surface area contributed by atoms with Crippen LogP contribution in [0, 0.1) is 0 Å². The molecule has 0 radical (unpaired) electrons. The molecule has 1 fully saturated rings. The summed E-state index contributed by atoms with van der Waals surface area (Å²) in [5.41, 5.74) is 7.28. The van der Waals surface area contributed by atoms with Gasteiger partial charge in [-0.15, -0.1) is 0 Å². The number of rotatable bonds is 2. The summed E-state index contributed by atoms with van der Waals surface area (Å²) in [4.78, 5) is 4.77. The van der Waals surface area contributed by atoms with Gasteiger partial charge in [-0.2, -0.15) is 11.8 Å². The van der Waals surface area contributed by atoms with E-state index in [2.05, 4.69) is 22.5 Å². The van der Waals surface area contributed by atoms with E-state index in [9.17, 15) is 0 Å². The van der Waals surface area contributed by atoms with Crippen molar-refractivity contribution in [2.24, 2.45) is 5.73 Å². The maximum Gasteiger partial charge on any atom is 0.109 e. The van der Waals surface area contributed by atoms with E-state index in [1.54, 1.807) is 0 Å². The number of thioether (sulfide) groups is 1. The van der Waals surface area contributed by atoms with Crippen molar-refractivity contribution in [3.05, 3.63) is 17.7 Å². The molecular weight excluding hydrogens is 230 g/mol. The Morgan fingerprint density at radius 2 is 2.35 bits per heavy atom. The molecule has 94 valence electrons. The zero-order valence-electron chi connectivity index (χ0n) is 10.3. The van der Waals surface area contributed by atoms with Crippen molar-refractivity contribution in [2.75, 3.05) is 5.75 Å². The van der Waals surface area contributed by atoms with Crippen LogP contribution in [0.15, 0.2) is 6.20 Å². The van der Waals surface area contributed by atoms with Gasteiger partial charge in [0.25, 0.3) is 0 Å². The molecule has 2 aliphatic heterocycles. The molecule has 2 aliphatic rings. The number of nitrogens with zero attached hydrogens (tertiary/aromatic N) is 2. The van der Waals surface area contributed by atoms with Gasteiger partial charge in [-0.05, 0) is 25.0 Å². The van der Waals surface area contributed by atoms with Crippen molar-refractivity contribution in [1.82, 2.24) is 9.55 Å². The smallest absolute Gasteiger partial charge is 0.109 e. The largest absolute Gasteiger partial charge is 0.333 e. The summed E-state index contributed by atoms with van der Waals surface area (Å²) in [6.45, 7) is 0.958. The minimum absolute atomic E-state index is 0.327. The Kier molecular flexibility index (Phi) is 3.43. The number of hydrogen-bond donors (Lipinski definition) is 1. The van der Waals surface area contributed by atoms with E-state index in [-0.39, 0.29) is 0 Å². The van der Waals surface area contributed by atoms with Gasteiger partial charge in [0.05, 0.1) is 5.69 Å². The monoisotopic (exact) mass is 251 g/mol. The zero-order chi connectivity index (χ0) is 11.7. The number of aromatic nitrogens is 2. The third kappa shape index (κ3) is 2.68. The van der Waals surface area contributed by atoms with Crippen LogP contribution in [0.2, 0.25) is 0 Å². The van der Waals surface area contributed by atoms with Crippen LogP contribution in [-0.4, -0.2) is 26.6 Å². The second-order valence-corrected chi connectivity index (χ2v) is 6.70. The van der Waals surface area contributed by atoms with E-state index in [0.717, 1.165) is 31.1 Å². The number of nitrogens with two attached hydrogens (primary N) is 1. The number of hydrogen-bond acceptors (Lipinski definition) is 3. The molecule has 17 heavy (non-hydrogen) atoms. The molecule has 3 heterocycles. The zero-order valence-corrected chi connectivity index (χ0v) is 11.1. The molecule has 3 rings (SSSR count). The summed E-state index contributed by atoms with van der Waals surface area (Å²) in [6, 6.07) is 0.327. The number of imidazole rings is 1. The Labute approximate surface area is 107 Å². The van der Waals surface area contributed by atoms with Gasteiger partial charge in [-0.1, -0.05) is 6.42 Å². The Morgan fingerprint density at radius 1 is 1.41 bits per heavy atom. The van der Waals surface area contributed by atoms with E-state index in [1.165, 1.54) is 36.5 Å². The van der Waals surface area contributed by atoms with Crippen LogP contribution in [0.3, 0.4) is 0 Å². The van der Waals surface area contributed by atoms with Crippen molar-refractivity contribution < 1.29 is 0 Å². The Morgan fingerprint density at radius 3 is 3.18 bits per heavy atom. The predicted octanol–water partition coefficient (Wildman–Crippen LogP) is 1.98. The summed E-state index contributed by atoms with van der Waals surface area (Å²) < 4.78 is 2.27. The molecule has 0 bridgehead atoms. The first-order valence-electron chi connectivity index (χ1n) is 6.73. The highest BCUT2D eigenvalue weighted by molar-refractivity contribution is 7.99. The Balaban J connectivity index is 1.67. The quantitative estimate of drug-likeness (QED) is 0.874. The van der Waals surface area contributed by atoms with Crippen molar-refractivity contribution in [3.8, 4) is 0 Å². The molecule has 0 saturated carbocycles. The summed E-state index contributed by atoms with van der Waals surface area (Å²) in [5.74, 6) is 2.59. The molecule has 2 atom stereocenters. The lowest BCUT2D eigenvalue weighted by atomic mass is 10.1. The third-order valence-corrected chi connectivity index (χ3v) is 5.19. The average Bonchev–Trinajstić information content (AvgIpc) is 2.71. The average molecular weight is 251 g/mol. The van der Waals surface area contributed by atoms with E-state index in [4.69, 9.17) is 10.7 Å². The number of fused-ring (bicyclic) bond motifs is 1. The first-order chi connectivity index (χ1) is 8.31. The van der Waals surface area contributed by atoms with Crippen molar-refractivity contribution in [2.45, 2.75) is 56.4 Å². The molecule has 1 aromatic rings. The highest BCUT2D eigenvalue weighted by atomic mass is 32.2. The third-order valence-electron chi connectivity index (χ3n) is 3.79. The van der Waals surface area contributed by atoms with Crippen LogP contribution in [-0.2, 0) is 19.4 Å². The molecule has 2 unspecified atom stereocenters. The first kappa shape index (κ1) is 11.6. The molecule has 0 amide bonds. The standard InChI is InChI=1S/C13H21N3S/c14-10-4-5-13-15-11(9-16(13)8-10)7-12-3-1-2-6-17-12/h9-10,12H,1-8,14H2. The predicted molar refractivity (Wildman–Crippen MR) is 72.3 cm³/mol. The lowest BCUT2D eigenvalue weighted by Crippen LogP contribution is -2.31. The van der Waals surface area contributed by atoms with Crippen LogP contribution < -0.4 is 5.73 Å². The molecule has 4 heteroatoms. The minimum Gasteiger partial charge on any atom is -0.333 e. The van der Waals surface area contributed by atoms with Crippen molar-refractivity contribution >= 4 is 11.8 Å². The van der Waals surface area contributed by atoms with Gasteiger partial charge in [0.2, 0.25) is 0 Å². The fourth-order valence-corrected chi connectivity index (χ4v) is 4.16. The van der Waals surface area contributed by atoms with Gasteiger partial charge in [0.1, 0.15) is 5.82 Å². The fraction of sp³-hybridized carbons (Fsp3) is 0.769. The van der Waals surface area contributed by atoms with Crippen molar-refractivity contribution in [3.63, 3.8) is 0 Å². The summed E-state index contributed by atoms with van der Waals surface area (Å²) >= 11 is 2.13. The summed E-state index contributed by atoms with van der Waals surface area (Å²) in [7, 11) is 0. The van der Waals surface area contributed by atoms with Crippen LogP contribution in [0.5, 0.6) is 0 Å². The Hall–Kier alpha value is -0.480. The van der Waals surface area contributed by atoms with Crippen LogP contribution >= 0.6 is 11.8 Å². The maximum absolute atomic E-state index is 5.99. The molecule has 0 spiro atoms. The van der Waals surface area contributed by atoms with Crippen LogP contribution in [0.4, 0.5) is 0 Å². The summed E-state index contributed by atoms with van der Waals surface area (Å²) in [5, 5.41) is 0.800. The molecule has 3 nitrogen and oxygen atoms in total. The van der Waals surface area contributed by atoms with Gasteiger partial charge in [-0.3, -0.25) is 0 Å². The van der Waals surface area contributed by atoms with Crippen LogP contribution in [0.25, 0.3) is 0 Å². The highest BCUT2D eigenvalue weighted by Gasteiger charge is 2.20. The van der Waals surface area contributed by atoms with E-state index in [0.29, 0.717) is 6.04 Å². The molecule has 1 saturated heterocycles. The van der Waals surface area contributed by atoms with Crippen LogP contribution in [0.1, 0.15) is 37.2 Å². The molecular formula is C13H21N3S. The lowest BCUT2D eigenvalue weighted by molar-refractivity contribution is 0.453. The molecule has 0 aromatic carbocycles. The highest BCUT2D eigenvalue weighted by Crippen LogP contribution is 2.28. The maximum atomic E-state index is 5.99. The second-order valence-electron chi connectivity index (χ2n) is 5.29. The second kappa shape index (κ2) is 5.02. The van der Waals surface area contributed by atoms with E-state index in [1.807, 2.05) is 0 Å². The molecule has 1 aromatic heterocycles. The minimum atomic E-state index is 0.327. The SMILES string of the molecule is NC1CCc2nc(CC3CCCCS3)cn2C1. The van der Waals surface area contributed by atoms with Crippen molar-refractivity contribution in [1.29, 1.82) is 0 Å². The molecule has 2 N–H and O–H groups in total. The first-order valence-corrected chi connectivity index (χ1v) is 7.78. The fourth-order valence-electron chi connectivity index (χ4n) is 2.83.